The Morgan fingerprint density at radius 2 is 2.27 bits per heavy atom. The Labute approximate surface area is 90.8 Å². The van der Waals surface area contributed by atoms with E-state index in [1.807, 2.05) is 18.2 Å². The third-order valence-corrected chi connectivity index (χ3v) is 2.90. The van der Waals surface area contributed by atoms with Crippen molar-refractivity contribution in [1.29, 1.82) is 0 Å². The molecule has 0 saturated heterocycles. The molecule has 0 aromatic heterocycles. The summed E-state index contributed by atoms with van der Waals surface area (Å²) >= 11 is 0. The van der Waals surface area contributed by atoms with E-state index in [0.29, 0.717) is 6.10 Å². The molecule has 82 valence electrons. The standard InChI is InChI=1S/C12H18N2O/c1-3-9-8-14(4-2)12-10(13)6-5-7-11(12)15-9/h5-7,9H,3-4,8,13H2,1-2H3. The van der Waals surface area contributed by atoms with Crippen molar-refractivity contribution in [2.24, 2.45) is 0 Å². The Morgan fingerprint density at radius 1 is 1.47 bits per heavy atom. The number of nitrogens with two attached hydrogens (primary N) is 1. The second-order valence-corrected chi connectivity index (χ2v) is 3.88. The van der Waals surface area contributed by atoms with Gasteiger partial charge in [-0.25, -0.2) is 0 Å². The van der Waals surface area contributed by atoms with Crippen molar-refractivity contribution in [1.82, 2.24) is 0 Å². The summed E-state index contributed by atoms with van der Waals surface area (Å²) in [6.45, 7) is 6.21. The van der Waals surface area contributed by atoms with E-state index >= 15 is 0 Å². The van der Waals surface area contributed by atoms with Gasteiger partial charge in [0.25, 0.3) is 0 Å². The number of benzene rings is 1. The summed E-state index contributed by atoms with van der Waals surface area (Å²) in [5, 5.41) is 0. The van der Waals surface area contributed by atoms with Gasteiger partial charge in [0.2, 0.25) is 0 Å². The highest BCUT2D eigenvalue weighted by atomic mass is 16.5. The van der Waals surface area contributed by atoms with E-state index in [1.165, 1.54) is 0 Å². The Balaban J connectivity index is 2.40. The fourth-order valence-corrected chi connectivity index (χ4v) is 2.03. The number of anilines is 2. The van der Waals surface area contributed by atoms with E-state index in [0.717, 1.165) is 36.6 Å². The van der Waals surface area contributed by atoms with Gasteiger partial charge in [0.1, 0.15) is 17.5 Å². The molecule has 1 heterocycles. The molecule has 0 bridgehead atoms. The zero-order valence-electron chi connectivity index (χ0n) is 9.36. The molecule has 0 aliphatic carbocycles. The van der Waals surface area contributed by atoms with E-state index in [4.69, 9.17) is 10.5 Å². The van der Waals surface area contributed by atoms with Crippen LogP contribution in [0.2, 0.25) is 0 Å². The molecule has 3 heteroatoms. The Hall–Kier alpha value is -1.38. The van der Waals surface area contributed by atoms with E-state index < -0.39 is 0 Å². The van der Waals surface area contributed by atoms with Crippen molar-refractivity contribution >= 4 is 11.4 Å². The van der Waals surface area contributed by atoms with Crippen molar-refractivity contribution in [2.75, 3.05) is 23.7 Å². The number of rotatable bonds is 2. The van der Waals surface area contributed by atoms with Gasteiger partial charge in [0.15, 0.2) is 0 Å². The van der Waals surface area contributed by atoms with Crippen molar-refractivity contribution in [3.63, 3.8) is 0 Å². The number of hydrogen-bond donors (Lipinski definition) is 1. The van der Waals surface area contributed by atoms with E-state index in [2.05, 4.69) is 18.7 Å². The number of fused-ring (bicyclic) bond motifs is 1. The van der Waals surface area contributed by atoms with Gasteiger partial charge in [-0.05, 0) is 25.5 Å². The lowest BCUT2D eigenvalue weighted by molar-refractivity contribution is 0.190. The average Bonchev–Trinajstić information content (AvgIpc) is 2.27. The Morgan fingerprint density at radius 3 is 2.93 bits per heavy atom. The first-order valence-electron chi connectivity index (χ1n) is 5.56. The van der Waals surface area contributed by atoms with Crippen molar-refractivity contribution in [3.8, 4) is 5.75 Å². The van der Waals surface area contributed by atoms with Gasteiger partial charge in [-0.3, -0.25) is 0 Å². The first kappa shape index (κ1) is 10.1. The number of hydrogen-bond acceptors (Lipinski definition) is 3. The van der Waals surface area contributed by atoms with Gasteiger partial charge in [0, 0.05) is 6.54 Å². The summed E-state index contributed by atoms with van der Waals surface area (Å²) in [6, 6.07) is 5.87. The second kappa shape index (κ2) is 4.01. The molecule has 0 amide bonds. The van der Waals surface area contributed by atoms with Crippen LogP contribution in [0, 0.1) is 0 Å². The molecular weight excluding hydrogens is 188 g/mol. The third kappa shape index (κ3) is 1.74. The van der Waals surface area contributed by atoms with Crippen molar-refractivity contribution in [2.45, 2.75) is 26.4 Å². The van der Waals surface area contributed by atoms with Crippen LogP contribution in [0.15, 0.2) is 18.2 Å². The first-order valence-corrected chi connectivity index (χ1v) is 5.56. The predicted molar refractivity (Wildman–Crippen MR) is 63.4 cm³/mol. The van der Waals surface area contributed by atoms with Crippen molar-refractivity contribution < 1.29 is 4.74 Å². The average molecular weight is 206 g/mol. The molecule has 1 atom stereocenters. The number of ether oxygens (including phenoxy) is 1. The number of nitrogens with zero attached hydrogens (tertiary/aromatic N) is 1. The highest BCUT2D eigenvalue weighted by Gasteiger charge is 2.24. The quantitative estimate of drug-likeness (QED) is 0.754. The minimum absolute atomic E-state index is 0.291. The molecule has 1 unspecified atom stereocenters. The molecule has 0 saturated carbocycles. The topological polar surface area (TPSA) is 38.5 Å². The fraction of sp³-hybridized carbons (Fsp3) is 0.500. The number of para-hydroxylation sites is 1. The van der Waals surface area contributed by atoms with Crippen LogP contribution in [0.3, 0.4) is 0 Å². The molecule has 2 rings (SSSR count). The van der Waals surface area contributed by atoms with Crippen LogP contribution in [0.25, 0.3) is 0 Å². The van der Waals surface area contributed by atoms with E-state index in [1.54, 1.807) is 0 Å². The molecule has 1 aliphatic heterocycles. The van der Waals surface area contributed by atoms with Gasteiger partial charge in [0.05, 0.1) is 12.2 Å². The van der Waals surface area contributed by atoms with Crippen molar-refractivity contribution in [3.05, 3.63) is 18.2 Å². The smallest absolute Gasteiger partial charge is 0.145 e. The molecule has 0 fully saturated rings. The maximum absolute atomic E-state index is 5.97. The summed E-state index contributed by atoms with van der Waals surface area (Å²) in [6.07, 6.45) is 1.32. The molecule has 0 radical (unpaired) electrons. The number of nitrogen functional groups attached to an aromatic ring is 1. The maximum Gasteiger partial charge on any atom is 0.145 e. The largest absolute Gasteiger partial charge is 0.486 e. The van der Waals surface area contributed by atoms with Crippen LogP contribution < -0.4 is 15.4 Å². The lowest BCUT2D eigenvalue weighted by Crippen LogP contribution is -2.39. The van der Waals surface area contributed by atoms with Gasteiger partial charge in [-0.2, -0.15) is 0 Å². The lowest BCUT2D eigenvalue weighted by atomic mass is 10.1. The zero-order valence-corrected chi connectivity index (χ0v) is 9.36. The van der Waals surface area contributed by atoms with Gasteiger partial charge in [-0.1, -0.05) is 13.0 Å². The fourth-order valence-electron chi connectivity index (χ4n) is 2.03. The van der Waals surface area contributed by atoms with E-state index in [9.17, 15) is 0 Å². The monoisotopic (exact) mass is 206 g/mol. The molecule has 3 nitrogen and oxygen atoms in total. The first-order chi connectivity index (χ1) is 7.26. The molecule has 1 aliphatic rings. The van der Waals surface area contributed by atoms with E-state index in [-0.39, 0.29) is 0 Å². The Bertz CT molecular complexity index is 351. The SMILES string of the molecule is CCC1CN(CC)c2c(N)cccc2O1. The molecular formula is C12H18N2O. The second-order valence-electron chi connectivity index (χ2n) is 3.88. The molecule has 1 aromatic rings. The maximum atomic E-state index is 5.97. The predicted octanol–water partition coefficient (Wildman–Crippen LogP) is 2.27. The Kier molecular flexibility index (Phi) is 2.71. The van der Waals surface area contributed by atoms with Crippen LogP contribution in [0.4, 0.5) is 11.4 Å². The summed E-state index contributed by atoms with van der Waals surface area (Å²) in [5.41, 5.74) is 7.84. The highest BCUT2D eigenvalue weighted by Crippen LogP contribution is 2.38. The van der Waals surface area contributed by atoms with Gasteiger partial charge in [-0.15, -0.1) is 0 Å². The number of likely N-dealkylation sites (N-methyl/N-ethyl adjacent to an activating group) is 1. The summed E-state index contributed by atoms with van der Waals surface area (Å²) in [4.78, 5) is 2.29. The summed E-state index contributed by atoms with van der Waals surface area (Å²) in [5.74, 6) is 0.926. The summed E-state index contributed by atoms with van der Waals surface area (Å²) < 4.78 is 5.87. The normalized spacial score (nSPS) is 19.6. The van der Waals surface area contributed by atoms with Crippen LogP contribution in [-0.4, -0.2) is 19.2 Å². The molecule has 2 N–H and O–H groups in total. The minimum atomic E-state index is 0.291. The molecule has 15 heavy (non-hydrogen) atoms. The third-order valence-electron chi connectivity index (χ3n) is 2.90. The zero-order chi connectivity index (χ0) is 10.8. The molecule has 1 aromatic carbocycles. The van der Waals surface area contributed by atoms with Crippen LogP contribution in [0.5, 0.6) is 5.75 Å². The van der Waals surface area contributed by atoms with Gasteiger partial charge >= 0.3 is 0 Å². The summed E-state index contributed by atoms with van der Waals surface area (Å²) in [7, 11) is 0. The van der Waals surface area contributed by atoms with Crippen LogP contribution in [-0.2, 0) is 0 Å². The van der Waals surface area contributed by atoms with Gasteiger partial charge < -0.3 is 15.4 Å². The molecule has 0 spiro atoms. The lowest BCUT2D eigenvalue weighted by Gasteiger charge is -2.36. The highest BCUT2D eigenvalue weighted by molar-refractivity contribution is 5.75. The van der Waals surface area contributed by atoms with Crippen LogP contribution >= 0.6 is 0 Å². The minimum Gasteiger partial charge on any atom is -0.486 e. The van der Waals surface area contributed by atoms with Crippen LogP contribution in [0.1, 0.15) is 20.3 Å².